The summed E-state index contributed by atoms with van der Waals surface area (Å²) in [5.41, 5.74) is -0.427. The second kappa shape index (κ2) is 20.4. The molecule has 45 heavy (non-hydrogen) atoms. The van der Waals surface area contributed by atoms with Crippen LogP contribution in [0.2, 0.25) is 0 Å². The molecule has 11 nitrogen and oxygen atoms in total. The van der Waals surface area contributed by atoms with Crippen LogP contribution >= 0.6 is 0 Å². The Bertz CT molecular complexity index is 1120. The lowest BCUT2D eigenvalue weighted by Gasteiger charge is -2.39. The van der Waals surface area contributed by atoms with E-state index in [9.17, 15) is 14.4 Å². The third kappa shape index (κ3) is 13.1. The first-order valence-electron chi connectivity index (χ1n) is 16.7. The topological polar surface area (TPSA) is 149 Å². The Hall–Kier alpha value is -3.68. The smallest absolute Gasteiger partial charge is 0.306 e. The van der Waals surface area contributed by atoms with Crippen molar-refractivity contribution in [3.05, 3.63) is 24.5 Å². The number of pyridine rings is 1. The Labute approximate surface area is 270 Å². The van der Waals surface area contributed by atoms with Gasteiger partial charge in [-0.15, -0.1) is 0 Å². The van der Waals surface area contributed by atoms with Crippen molar-refractivity contribution in [2.45, 2.75) is 122 Å². The lowest BCUT2D eigenvalue weighted by Crippen LogP contribution is -2.58. The monoisotopic (exact) mass is 625 g/mol. The SMILES string of the molecule is CCCCCCC(C)(C(=O)NCC1(CC(=O)OC)CCCC1)N(C)C(=O)CCCCCCCN=C(NC#N)Nc1ccncc1. The molecule has 3 N–H and O–H groups in total. The van der Waals surface area contributed by atoms with Crippen LogP contribution in [0.3, 0.4) is 0 Å². The van der Waals surface area contributed by atoms with Crippen molar-refractivity contribution in [3.63, 3.8) is 0 Å². The first-order valence-corrected chi connectivity index (χ1v) is 16.7. The van der Waals surface area contributed by atoms with E-state index < -0.39 is 5.54 Å². The van der Waals surface area contributed by atoms with E-state index in [4.69, 9.17) is 10.00 Å². The van der Waals surface area contributed by atoms with Gasteiger partial charge in [-0.25, -0.2) is 0 Å². The molecular weight excluding hydrogens is 570 g/mol. The molecule has 0 saturated heterocycles. The molecule has 1 saturated carbocycles. The predicted octanol–water partition coefficient (Wildman–Crippen LogP) is 5.69. The van der Waals surface area contributed by atoms with Crippen molar-refractivity contribution in [3.8, 4) is 6.19 Å². The molecule has 1 atom stereocenters. The van der Waals surface area contributed by atoms with Crippen molar-refractivity contribution in [2.24, 2.45) is 10.4 Å². The molecule has 11 heteroatoms. The van der Waals surface area contributed by atoms with Gasteiger partial charge >= 0.3 is 5.97 Å². The van der Waals surface area contributed by atoms with Gasteiger partial charge in [0.2, 0.25) is 17.8 Å². The number of nitrogens with one attached hydrogen (secondary N) is 3. The number of unbranched alkanes of at least 4 members (excludes halogenated alkanes) is 7. The molecule has 2 rings (SSSR count). The predicted molar refractivity (Wildman–Crippen MR) is 177 cm³/mol. The summed E-state index contributed by atoms with van der Waals surface area (Å²) in [6.07, 6.45) is 18.9. The van der Waals surface area contributed by atoms with Crippen molar-refractivity contribution >= 4 is 29.4 Å². The van der Waals surface area contributed by atoms with Gasteiger partial charge in [-0.1, -0.05) is 64.7 Å². The van der Waals surface area contributed by atoms with E-state index in [0.29, 0.717) is 38.3 Å². The number of aromatic nitrogens is 1. The molecule has 2 amide bonds. The quantitative estimate of drug-likeness (QED) is 0.0418. The van der Waals surface area contributed by atoms with E-state index in [1.807, 2.05) is 13.1 Å². The zero-order valence-electron chi connectivity index (χ0n) is 28.0. The number of aliphatic imine (C=N–C) groups is 1. The van der Waals surface area contributed by atoms with E-state index in [1.165, 1.54) is 7.11 Å². The number of rotatable bonds is 20. The van der Waals surface area contributed by atoms with Gasteiger partial charge in [0.25, 0.3) is 0 Å². The van der Waals surface area contributed by atoms with Crippen molar-refractivity contribution in [1.82, 2.24) is 20.5 Å². The number of anilines is 1. The van der Waals surface area contributed by atoms with Gasteiger partial charge in [0.05, 0.1) is 13.5 Å². The molecule has 0 bridgehead atoms. The number of hydrogen-bond acceptors (Lipinski definition) is 7. The van der Waals surface area contributed by atoms with Gasteiger partial charge < -0.3 is 20.3 Å². The second-order valence-electron chi connectivity index (χ2n) is 12.5. The summed E-state index contributed by atoms with van der Waals surface area (Å²) in [7, 11) is 3.16. The Balaban J connectivity index is 1.84. The van der Waals surface area contributed by atoms with Crippen LogP contribution in [-0.2, 0) is 19.1 Å². The van der Waals surface area contributed by atoms with E-state index in [0.717, 1.165) is 89.2 Å². The maximum absolute atomic E-state index is 13.7. The van der Waals surface area contributed by atoms with Gasteiger partial charge in [0.1, 0.15) is 5.54 Å². The molecule has 1 unspecified atom stereocenters. The standard InChI is InChI=1S/C34H55N7O4/c1-5-6-7-12-19-33(2,31(44)38-26-34(20-13-14-21-34)25-30(43)45-4)41(3)29(42)16-11-9-8-10-15-22-37-32(39-27-35)40-28-17-23-36-24-18-28/h17-18,23-24H,5-16,19-22,25-26H2,1-4H3,(H,38,44)(H2,36,37,39,40). The summed E-state index contributed by atoms with van der Waals surface area (Å²) in [6.45, 7) is 5.04. The highest BCUT2D eigenvalue weighted by molar-refractivity contribution is 5.94. The molecule has 0 spiro atoms. The molecule has 1 fully saturated rings. The summed E-state index contributed by atoms with van der Waals surface area (Å²) >= 11 is 0. The highest BCUT2D eigenvalue weighted by atomic mass is 16.5. The molecule has 1 aliphatic rings. The molecule has 1 aromatic heterocycles. The minimum absolute atomic E-state index is 0.0210. The normalized spacial score (nSPS) is 15.4. The summed E-state index contributed by atoms with van der Waals surface area (Å²) < 4.78 is 4.94. The highest BCUT2D eigenvalue weighted by Crippen LogP contribution is 2.41. The second-order valence-corrected chi connectivity index (χ2v) is 12.5. The molecular formula is C34H55N7O4. The maximum Gasteiger partial charge on any atom is 0.306 e. The van der Waals surface area contributed by atoms with E-state index in [-0.39, 0.29) is 23.2 Å². The Morgan fingerprint density at radius 1 is 1.07 bits per heavy atom. The fraction of sp³-hybridized carbons (Fsp3) is 0.706. The van der Waals surface area contributed by atoms with Gasteiger partial charge in [-0.05, 0) is 56.6 Å². The summed E-state index contributed by atoms with van der Waals surface area (Å²) in [4.78, 5) is 49.3. The number of likely N-dealkylation sites (N-methyl/N-ethyl adjacent to an activating group) is 1. The summed E-state index contributed by atoms with van der Waals surface area (Å²) in [5, 5.41) is 17.8. The number of nitrogens with zero attached hydrogens (tertiary/aromatic N) is 4. The van der Waals surface area contributed by atoms with Crippen LogP contribution in [0.1, 0.15) is 117 Å². The molecule has 250 valence electrons. The number of hydrogen-bond donors (Lipinski definition) is 3. The zero-order valence-corrected chi connectivity index (χ0v) is 28.0. The maximum atomic E-state index is 13.7. The zero-order chi connectivity index (χ0) is 33.0. The number of amides is 2. The van der Waals surface area contributed by atoms with Crippen LogP contribution in [0.25, 0.3) is 0 Å². The van der Waals surface area contributed by atoms with Crippen molar-refractivity contribution < 1.29 is 19.1 Å². The minimum atomic E-state index is -0.951. The van der Waals surface area contributed by atoms with Gasteiger partial charge in [0, 0.05) is 44.6 Å². The van der Waals surface area contributed by atoms with Crippen LogP contribution in [0.15, 0.2) is 29.5 Å². The first-order chi connectivity index (χ1) is 21.7. The fourth-order valence-corrected chi connectivity index (χ4v) is 5.99. The fourth-order valence-electron chi connectivity index (χ4n) is 5.99. The number of guanidine groups is 1. The lowest BCUT2D eigenvalue weighted by molar-refractivity contribution is -0.146. The van der Waals surface area contributed by atoms with Crippen LogP contribution in [-0.4, -0.2) is 66.4 Å². The molecule has 0 aliphatic heterocycles. The Morgan fingerprint density at radius 2 is 1.73 bits per heavy atom. The number of carbonyl (C=O) groups is 3. The Morgan fingerprint density at radius 3 is 2.40 bits per heavy atom. The van der Waals surface area contributed by atoms with Crippen LogP contribution in [0.5, 0.6) is 0 Å². The molecule has 0 radical (unpaired) electrons. The molecule has 1 aromatic rings. The van der Waals surface area contributed by atoms with Gasteiger partial charge in [0.15, 0.2) is 6.19 Å². The van der Waals surface area contributed by atoms with E-state index in [2.05, 4.69) is 32.9 Å². The highest BCUT2D eigenvalue weighted by Gasteiger charge is 2.42. The van der Waals surface area contributed by atoms with E-state index >= 15 is 0 Å². The van der Waals surface area contributed by atoms with Crippen LogP contribution < -0.4 is 16.0 Å². The molecule has 1 heterocycles. The largest absolute Gasteiger partial charge is 0.469 e. The van der Waals surface area contributed by atoms with Gasteiger partial charge in [-0.2, -0.15) is 5.26 Å². The van der Waals surface area contributed by atoms with Crippen LogP contribution in [0, 0.1) is 16.9 Å². The number of carbonyl (C=O) groups excluding carboxylic acids is 3. The third-order valence-electron chi connectivity index (χ3n) is 9.09. The summed E-state index contributed by atoms with van der Waals surface area (Å²) in [5.74, 6) is -0.00391. The third-order valence-corrected chi connectivity index (χ3v) is 9.09. The van der Waals surface area contributed by atoms with Crippen molar-refractivity contribution in [1.29, 1.82) is 5.26 Å². The minimum Gasteiger partial charge on any atom is -0.469 e. The average molecular weight is 626 g/mol. The van der Waals surface area contributed by atoms with E-state index in [1.54, 1.807) is 36.5 Å². The average Bonchev–Trinajstić information content (AvgIpc) is 3.51. The van der Waals surface area contributed by atoms with Crippen LogP contribution in [0.4, 0.5) is 5.69 Å². The number of methoxy groups -OCH3 is 1. The molecule has 1 aliphatic carbocycles. The summed E-state index contributed by atoms with van der Waals surface area (Å²) in [6, 6.07) is 3.60. The Kier molecular flexibility index (Phi) is 17.0. The lowest BCUT2D eigenvalue weighted by atomic mass is 9.82. The number of nitriles is 1. The van der Waals surface area contributed by atoms with Gasteiger partial charge in [-0.3, -0.25) is 29.7 Å². The van der Waals surface area contributed by atoms with Crippen molar-refractivity contribution in [2.75, 3.05) is 32.6 Å². The molecule has 0 aromatic carbocycles. The number of ether oxygens (including phenoxy) is 1. The number of esters is 1. The first kappa shape index (κ1) is 37.5.